The molecular weight excluding hydrogens is 499 g/mol. The third-order valence-electron chi connectivity index (χ3n) is 6.80. The first-order valence-corrected chi connectivity index (χ1v) is 12.2. The van der Waals surface area contributed by atoms with Crippen molar-refractivity contribution in [2.45, 2.75) is 44.9 Å². The number of hydrogen-bond acceptors (Lipinski definition) is 6. The highest BCUT2D eigenvalue weighted by Gasteiger charge is 2.35. The maximum absolute atomic E-state index is 5.59. The van der Waals surface area contributed by atoms with Gasteiger partial charge in [-0.25, -0.2) is 0 Å². The van der Waals surface area contributed by atoms with Gasteiger partial charge in [-0.05, 0) is 87.1 Å². The first kappa shape index (κ1) is 34.1. The Morgan fingerprint density at radius 2 is 1.31 bits per heavy atom. The smallest absolute Gasteiger partial charge is 0.161 e. The van der Waals surface area contributed by atoms with E-state index in [0.717, 1.165) is 68.3 Å². The predicted molar refractivity (Wildman–Crippen MR) is 154 cm³/mol. The molecule has 0 saturated heterocycles. The highest BCUT2D eigenvalue weighted by Crippen LogP contribution is 2.40. The number of nitrogens with one attached hydrogen (secondary N) is 2. The summed E-state index contributed by atoms with van der Waals surface area (Å²) < 4.78 is 21.8. The van der Waals surface area contributed by atoms with Gasteiger partial charge in [0.2, 0.25) is 0 Å². The molecule has 0 amide bonds. The van der Waals surface area contributed by atoms with Crippen LogP contribution in [-0.2, 0) is 11.8 Å². The number of halogens is 2. The first-order chi connectivity index (χ1) is 16.4. The molecule has 2 rings (SSSR count). The van der Waals surface area contributed by atoms with Gasteiger partial charge in [-0.1, -0.05) is 26.0 Å². The van der Waals surface area contributed by atoms with E-state index in [1.165, 1.54) is 11.1 Å². The quantitative estimate of drug-likeness (QED) is 0.265. The molecule has 0 bridgehead atoms. The average molecular weight is 546 g/mol. The van der Waals surface area contributed by atoms with Crippen LogP contribution in [0.25, 0.3) is 0 Å². The molecule has 2 N–H and O–H groups in total. The molecule has 0 aromatic heterocycles. The zero-order chi connectivity index (χ0) is 25.0. The Morgan fingerprint density at radius 1 is 0.750 bits per heavy atom. The van der Waals surface area contributed by atoms with Gasteiger partial charge in [0.1, 0.15) is 0 Å². The van der Waals surface area contributed by atoms with Crippen molar-refractivity contribution in [2.24, 2.45) is 5.92 Å². The van der Waals surface area contributed by atoms with Gasteiger partial charge in [0.05, 0.1) is 28.4 Å². The van der Waals surface area contributed by atoms with E-state index in [-0.39, 0.29) is 30.2 Å². The van der Waals surface area contributed by atoms with E-state index in [4.69, 9.17) is 18.9 Å². The number of ether oxygens (including phenoxy) is 4. The summed E-state index contributed by atoms with van der Waals surface area (Å²) in [5, 5.41) is 7.07. The van der Waals surface area contributed by atoms with Gasteiger partial charge in [-0.3, -0.25) is 0 Å². The van der Waals surface area contributed by atoms with Crippen LogP contribution in [0.15, 0.2) is 36.4 Å². The Balaban J connectivity index is 0.00000612. The minimum atomic E-state index is 0. The van der Waals surface area contributed by atoms with Gasteiger partial charge in [0.25, 0.3) is 0 Å². The lowest BCUT2D eigenvalue weighted by Crippen LogP contribution is -2.42. The normalized spacial score (nSPS) is 12.2. The van der Waals surface area contributed by atoms with Crippen molar-refractivity contribution in [1.82, 2.24) is 10.6 Å². The molecule has 1 unspecified atom stereocenters. The molecule has 0 aliphatic carbocycles. The summed E-state index contributed by atoms with van der Waals surface area (Å²) in [5.74, 6) is 3.59. The van der Waals surface area contributed by atoms with E-state index in [2.05, 4.69) is 48.7 Å². The molecule has 1 atom stereocenters. The Morgan fingerprint density at radius 3 is 1.86 bits per heavy atom. The minimum absolute atomic E-state index is 0. The van der Waals surface area contributed by atoms with E-state index >= 15 is 0 Å². The summed E-state index contributed by atoms with van der Waals surface area (Å²) in [4.78, 5) is 0. The van der Waals surface area contributed by atoms with Crippen molar-refractivity contribution in [2.75, 3.05) is 55.1 Å². The second-order valence-electron chi connectivity index (χ2n) is 9.06. The summed E-state index contributed by atoms with van der Waals surface area (Å²) >= 11 is 0. The van der Waals surface area contributed by atoms with Gasteiger partial charge >= 0.3 is 0 Å². The molecule has 8 heteroatoms. The lowest BCUT2D eigenvalue weighted by atomic mass is 9.68. The minimum Gasteiger partial charge on any atom is -0.493 e. The van der Waals surface area contributed by atoms with E-state index in [1.54, 1.807) is 28.4 Å². The van der Waals surface area contributed by atoms with Crippen LogP contribution in [0, 0.1) is 5.92 Å². The summed E-state index contributed by atoms with van der Waals surface area (Å²) in [5.41, 5.74) is 2.58. The van der Waals surface area contributed by atoms with Gasteiger partial charge in [-0.2, -0.15) is 0 Å². The largest absolute Gasteiger partial charge is 0.493 e. The fourth-order valence-electron chi connectivity index (χ4n) is 4.73. The molecule has 2 aromatic rings. The topological polar surface area (TPSA) is 61.0 Å². The number of methoxy groups -OCH3 is 4. The molecule has 0 saturated carbocycles. The molecule has 0 aliphatic heterocycles. The Kier molecular flexibility index (Phi) is 16.7. The van der Waals surface area contributed by atoms with Crippen LogP contribution in [0.4, 0.5) is 0 Å². The van der Waals surface area contributed by atoms with Crippen LogP contribution in [0.5, 0.6) is 23.0 Å². The molecule has 0 aliphatic rings. The lowest BCUT2D eigenvalue weighted by molar-refractivity contribution is 0.267. The van der Waals surface area contributed by atoms with Gasteiger partial charge in [0.15, 0.2) is 23.0 Å². The van der Waals surface area contributed by atoms with Crippen LogP contribution in [0.3, 0.4) is 0 Å². The van der Waals surface area contributed by atoms with Crippen molar-refractivity contribution in [3.05, 3.63) is 47.5 Å². The fraction of sp³-hybridized carbons (Fsp3) is 0.571. The predicted octanol–water partition coefficient (Wildman–Crippen LogP) is 5.68. The number of likely N-dealkylation sites (N-methyl/N-ethyl adjacent to an activating group) is 1. The maximum Gasteiger partial charge on any atom is 0.161 e. The van der Waals surface area contributed by atoms with Crippen LogP contribution in [0.1, 0.15) is 44.2 Å². The van der Waals surface area contributed by atoms with Gasteiger partial charge in [0, 0.05) is 12.0 Å². The van der Waals surface area contributed by atoms with Crippen molar-refractivity contribution in [3.8, 4) is 23.0 Å². The van der Waals surface area contributed by atoms with E-state index < -0.39 is 0 Å². The van der Waals surface area contributed by atoms with Gasteiger partial charge < -0.3 is 29.6 Å². The zero-order valence-corrected chi connectivity index (χ0v) is 24.6. The molecule has 36 heavy (non-hydrogen) atoms. The molecule has 0 radical (unpaired) electrons. The average Bonchev–Trinajstić information content (AvgIpc) is 2.86. The van der Waals surface area contributed by atoms with Gasteiger partial charge in [-0.15, -0.1) is 24.8 Å². The van der Waals surface area contributed by atoms with Crippen molar-refractivity contribution in [1.29, 1.82) is 0 Å². The Bertz CT molecular complexity index is 883. The van der Waals surface area contributed by atoms with E-state index in [0.29, 0.717) is 5.92 Å². The molecular formula is C28H46Cl2N2O4. The van der Waals surface area contributed by atoms with E-state index in [9.17, 15) is 0 Å². The van der Waals surface area contributed by atoms with Crippen molar-refractivity contribution in [3.63, 3.8) is 0 Å². The molecule has 0 heterocycles. The highest BCUT2D eigenvalue weighted by molar-refractivity contribution is 5.85. The molecule has 0 spiro atoms. The highest BCUT2D eigenvalue weighted by atomic mass is 35.5. The Hall–Kier alpha value is -1.86. The first-order valence-electron chi connectivity index (χ1n) is 12.2. The van der Waals surface area contributed by atoms with Crippen molar-refractivity contribution >= 4 is 24.8 Å². The summed E-state index contributed by atoms with van der Waals surface area (Å²) in [7, 11) is 8.75. The number of rotatable bonds is 16. The zero-order valence-electron chi connectivity index (χ0n) is 22.9. The van der Waals surface area contributed by atoms with Crippen LogP contribution in [-0.4, -0.2) is 55.1 Å². The number of aryl methyl sites for hydroxylation is 1. The standard InChI is InChI=1S/C28H44N2O4.2ClH/c1-21(2)28(20-29-3,23-12-14-25(32-5)27(19-23)34-7)15-9-17-30-16-8-10-22-11-13-24(31-4)26(18-22)33-6;;/h11-14,18-19,21,29-30H,8-10,15-17,20H2,1-7H3;2*1H. The van der Waals surface area contributed by atoms with E-state index in [1.807, 2.05) is 19.2 Å². The lowest BCUT2D eigenvalue weighted by Gasteiger charge is -2.39. The second kappa shape index (κ2) is 17.6. The maximum atomic E-state index is 5.59. The van der Waals surface area contributed by atoms with Crippen LogP contribution < -0.4 is 29.6 Å². The molecule has 0 fully saturated rings. The van der Waals surface area contributed by atoms with Crippen LogP contribution >= 0.6 is 24.8 Å². The third-order valence-corrected chi connectivity index (χ3v) is 6.80. The summed E-state index contributed by atoms with van der Waals surface area (Å²) in [6, 6.07) is 12.5. The molecule has 6 nitrogen and oxygen atoms in total. The Labute approximate surface area is 230 Å². The molecule has 206 valence electrons. The third kappa shape index (κ3) is 8.91. The SMILES string of the molecule is CNCC(CCCNCCCc1ccc(OC)c(OC)c1)(c1ccc(OC)c(OC)c1)C(C)C.Cl.Cl. The van der Waals surface area contributed by atoms with Crippen molar-refractivity contribution < 1.29 is 18.9 Å². The summed E-state index contributed by atoms with van der Waals surface area (Å²) in [6.07, 6.45) is 4.28. The number of benzene rings is 2. The van der Waals surface area contributed by atoms with Crippen LogP contribution in [0.2, 0.25) is 0 Å². The monoisotopic (exact) mass is 544 g/mol. The summed E-state index contributed by atoms with van der Waals surface area (Å²) in [6.45, 7) is 7.53. The fourth-order valence-corrected chi connectivity index (χ4v) is 4.73. The second-order valence-corrected chi connectivity index (χ2v) is 9.06. The number of hydrogen-bond donors (Lipinski definition) is 2. The molecule has 2 aromatic carbocycles.